The molecule has 0 aliphatic carbocycles. The number of non-ortho nitro benzene ring substituents is 1. The number of nitro groups is 1. The van der Waals surface area contributed by atoms with E-state index in [9.17, 15) is 20.0 Å². The van der Waals surface area contributed by atoms with Crippen molar-refractivity contribution in [2.45, 2.75) is 0 Å². The molecule has 2 aromatic rings. The Labute approximate surface area is 124 Å². The van der Waals surface area contributed by atoms with E-state index >= 15 is 0 Å². The molecule has 0 aliphatic heterocycles. The molecule has 0 fully saturated rings. The highest BCUT2D eigenvalue weighted by Crippen LogP contribution is 2.36. The van der Waals surface area contributed by atoms with Crippen molar-refractivity contribution in [2.24, 2.45) is 0 Å². The van der Waals surface area contributed by atoms with Gasteiger partial charge in [0.25, 0.3) is 5.69 Å². The van der Waals surface area contributed by atoms with E-state index in [-0.39, 0.29) is 16.8 Å². The van der Waals surface area contributed by atoms with E-state index in [4.69, 9.17) is 16.3 Å². The van der Waals surface area contributed by atoms with Gasteiger partial charge in [-0.2, -0.15) is 0 Å². The number of hydrogen-bond donors (Lipinski definition) is 1. The SMILES string of the molecule is COc1cc(Cl)ccc1-c1cc([N+](=O)[O-])ccc1C(=O)O. The third-order valence-corrected chi connectivity index (χ3v) is 3.13. The molecule has 0 radical (unpaired) electrons. The summed E-state index contributed by atoms with van der Waals surface area (Å²) in [5.74, 6) is -0.845. The van der Waals surface area contributed by atoms with Crippen LogP contribution in [0.3, 0.4) is 0 Å². The van der Waals surface area contributed by atoms with Crippen molar-refractivity contribution in [1.29, 1.82) is 0 Å². The average molecular weight is 308 g/mol. The fraction of sp³-hybridized carbons (Fsp3) is 0.0714. The molecule has 1 N–H and O–H groups in total. The van der Waals surface area contributed by atoms with E-state index < -0.39 is 10.9 Å². The number of hydrogen-bond acceptors (Lipinski definition) is 4. The highest BCUT2D eigenvalue weighted by atomic mass is 35.5. The first-order valence-electron chi connectivity index (χ1n) is 5.79. The first kappa shape index (κ1) is 14.8. The minimum atomic E-state index is -1.18. The van der Waals surface area contributed by atoms with Gasteiger partial charge in [0.15, 0.2) is 0 Å². The molecule has 7 heteroatoms. The highest BCUT2D eigenvalue weighted by molar-refractivity contribution is 6.30. The van der Waals surface area contributed by atoms with Gasteiger partial charge in [0.2, 0.25) is 0 Å². The van der Waals surface area contributed by atoms with E-state index in [0.29, 0.717) is 16.3 Å². The predicted molar refractivity (Wildman–Crippen MR) is 77.1 cm³/mol. The Morgan fingerprint density at radius 1 is 1.24 bits per heavy atom. The van der Waals surface area contributed by atoms with Gasteiger partial charge >= 0.3 is 5.97 Å². The number of nitrogens with zero attached hydrogens (tertiary/aromatic N) is 1. The van der Waals surface area contributed by atoms with Crippen LogP contribution in [0.1, 0.15) is 10.4 Å². The van der Waals surface area contributed by atoms with Crippen LogP contribution in [-0.4, -0.2) is 23.1 Å². The molecule has 0 aliphatic rings. The molecule has 0 heterocycles. The quantitative estimate of drug-likeness (QED) is 0.688. The molecule has 0 atom stereocenters. The summed E-state index contributed by atoms with van der Waals surface area (Å²) in [5.41, 5.74) is 0.362. The van der Waals surface area contributed by atoms with Gasteiger partial charge in [-0.3, -0.25) is 10.1 Å². The standard InChI is InChI=1S/C14H10ClNO5/c1-21-13-6-8(15)2-4-10(13)12-7-9(16(19)20)3-5-11(12)14(17)18/h2-7H,1H3,(H,17,18). The molecule has 0 bridgehead atoms. The first-order chi connectivity index (χ1) is 9.93. The average Bonchev–Trinajstić information content (AvgIpc) is 2.46. The number of methoxy groups -OCH3 is 1. The van der Waals surface area contributed by atoms with Gasteiger partial charge in [0.1, 0.15) is 5.75 Å². The molecule has 108 valence electrons. The number of carboxylic acid groups (broad SMARTS) is 1. The van der Waals surface area contributed by atoms with E-state index in [2.05, 4.69) is 0 Å². The Morgan fingerprint density at radius 3 is 2.52 bits per heavy atom. The summed E-state index contributed by atoms with van der Waals surface area (Å²) in [6.45, 7) is 0. The molecule has 2 aromatic carbocycles. The fourth-order valence-electron chi connectivity index (χ4n) is 1.94. The van der Waals surface area contributed by atoms with Crippen LogP contribution in [0.5, 0.6) is 5.75 Å². The molecule has 0 aromatic heterocycles. The van der Waals surface area contributed by atoms with Crippen LogP contribution < -0.4 is 4.74 Å². The van der Waals surface area contributed by atoms with Crippen LogP contribution in [0.2, 0.25) is 5.02 Å². The highest BCUT2D eigenvalue weighted by Gasteiger charge is 2.19. The summed E-state index contributed by atoms with van der Waals surface area (Å²) in [5, 5.41) is 20.5. The smallest absolute Gasteiger partial charge is 0.336 e. The van der Waals surface area contributed by atoms with E-state index in [1.165, 1.54) is 25.3 Å². The third kappa shape index (κ3) is 2.95. The molecule has 0 amide bonds. The van der Waals surface area contributed by atoms with E-state index in [1.54, 1.807) is 12.1 Å². The van der Waals surface area contributed by atoms with Gasteiger partial charge in [0, 0.05) is 28.3 Å². The lowest BCUT2D eigenvalue weighted by Crippen LogP contribution is -2.01. The van der Waals surface area contributed by atoms with Gasteiger partial charge in [-0.25, -0.2) is 4.79 Å². The van der Waals surface area contributed by atoms with E-state index in [0.717, 1.165) is 6.07 Å². The van der Waals surface area contributed by atoms with Crippen LogP contribution in [0.4, 0.5) is 5.69 Å². The van der Waals surface area contributed by atoms with Crippen LogP contribution in [-0.2, 0) is 0 Å². The molecule has 0 saturated heterocycles. The Bertz CT molecular complexity index is 729. The van der Waals surface area contributed by atoms with Gasteiger partial charge in [-0.1, -0.05) is 11.6 Å². The number of carboxylic acids is 1. The minimum Gasteiger partial charge on any atom is -0.496 e. The van der Waals surface area contributed by atoms with Gasteiger partial charge in [0.05, 0.1) is 17.6 Å². The number of benzene rings is 2. The van der Waals surface area contributed by atoms with Crippen LogP contribution >= 0.6 is 11.6 Å². The van der Waals surface area contributed by atoms with Crippen molar-refractivity contribution < 1.29 is 19.6 Å². The Kier molecular flexibility index (Phi) is 4.09. The summed E-state index contributed by atoms with van der Waals surface area (Å²) in [6, 6.07) is 8.19. The zero-order valence-corrected chi connectivity index (χ0v) is 11.6. The fourth-order valence-corrected chi connectivity index (χ4v) is 2.10. The summed E-state index contributed by atoms with van der Waals surface area (Å²) >= 11 is 5.86. The maximum atomic E-state index is 11.3. The molecule has 21 heavy (non-hydrogen) atoms. The second-order valence-electron chi connectivity index (χ2n) is 4.14. The number of ether oxygens (including phenoxy) is 1. The number of rotatable bonds is 4. The van der Waals surface area contributed by atoms with Gasteiger partial charge < -0.3 is 9.84 Å². The van der Waals surface area contributed by atoms with Crippen LogP contribution in [0.25, 0.3) is 11.1 Å². The lowest BCUT2D eigenvalue weighted by Gasteiger charge is -2.11. The Hall–Kier alpha value is -2.60. The monoisotopic (exact) mass is 307 g/mol. The minimum absolute atomic E-state index is 0.0544. The second-order valence-corrected chi connectivity index (χ2v) is 4.57. The number of carbonyl (C=O) groups is 1. The zero-order chi connectivity index (χ0) is 15.6. The largest absolute Gasteiger partial charge is 0.496 e. The van der Waals surface area contributed by atoms with Crippen molar-refractivity contribution >= 4 is 23.3 Å². The lowest BCUT2D eigenvalue weighted by molar-refractivity contribution is -0.384. The molecule has 0 spiro atoms. The summed E-state index contributed by atoms with van der Waals surface area (Å²) < 4.78 is 5.17. The maximum Gasteiger partial charge on any atom is 0.336 e. The topological polar surface area (TPSA) is 89.7 Å². The molecule has 2 rings (SSSR count). The molecule has 0 saturated carbocycles. The van der Waals surface area contributed by atoms with E-state index in [1.807, 2.05) is 0 Å². The van der Waals surface area contributed by atoms with Crippen molar-refractivity contribution in [2.75, 3.05) is 7.11 Å². The summed E-state index contributed by atoms with van der Waals surface area (Å²) in [6.07, 6.45) is 0. The number of halogens is 1. The Balaban J connectivity index is 2.74. The lowest BCUT2D eigenvalue weighted by atomic mass is 9.98. The van der Waals surface area contributed by atoms with Crippen LogP contribution in [0, 0.1) is 10.1 Å². The van der Waals surface area contributed by atoms with Gasteiger partial charge in [-0.15, -0.1) is 0 Å². The number of nitro benzene ring substituents is 1. The third-order valence-electron chi connectivity index (χ3n) is 2.90. The number of aromatic carboxylic acids is 1. The second kappa shape index (κ2) is 5.80. The first-order valence-corrected chi connectivity index (χ1v) is 6.17. The van der Waals surface area contributed by atoms with Crippen molar-refractivity contribution in [3.63, 3.8) is 0 Å². The summed E-state index contributed by atoms with van der Waals surface area (Å²) in [7, 11) is 1.41. The molecule has 0 unspecified atom stereocenters. The normalized spacial score (nSPS) is 10.2. The maximum absolute atomic E-state index is 11.3. The van der Waals surface area contributed by atoms with Crippen molar-refractivity contribution in [3.8, 4) is 16.9 Å². The van der Waals surface area contributed by atoms with Gasteiger partial charge in [-0.05, 0) is 24.3 Å². The molecular weight excluding hydrogens is 298 g/mol. The summed E-state index contributed by atoms with van der Waals surface area (Å²) in [4.78, 5) is 21.6. The molecule has 6 nitrogen and oxygen atoms in total. The van der Waals surface area contributed by atoms with Crippen LogP contribution in [0.15, 0.2) is 36.4 Å². The zero-order valence-electron chi connectivity index (χ0n) is 10.9. The Morgan fingerprint density at radius 2 is 1.95 bits per heavy atom. The van der Waals surface area contributed by atoms with Crippen molar-refractivity contribution in [1.82, 2.24) is 0 Å². The predicted octanol–water partition coefficient (Wildman–Crippen LogP) is 3.62. The van der Waals surface area contributed by atoms with Crippen molar-refractivity contribution in [3.05, 3.63) is 57.1 Å². The molecular formula is C14H10ClNO5.